The Hall–Kier alpha value is -1.76. The second-order valence-electron chi connectivity index (χ2n) is 3.82. The first-order chi connectivity index (χ1) is 7.71. The molecule has 0 fully saturated rings. The van der Waals surface area contributed by atoms with Crippen molar-refractivity contribution in [1.29, 1.82) is 0 Å². The van der Waals surface area contributed by atoms with Crippen molar-refractivity contribution >= 4 is 27.1 Å². The van der Waals surface area contributed by atoms with Gasteiger partial charge in [-0.2, -0.15) is 0 Å². The van der Waals surface area contributed by atoms with Gasteiger partial charge in [0.1, 0.15) is 0 Å². The Morgan fingerprint density at radius 3 is 2.41 bits per heavy atom. The molecule has 94 valence electrons. The summed E-state index contributed by atoms with van der Waals surface area (Å²) in [6.07, 6.45) is 1.11. The number of rotatable bonds is 4. The van der Waals surface area contributed by atoms with E-state index in [0.29, 0.717) is 5.69 Å². The number of sulfone groups is 1. The lowest BCUT2D eigenvalue weighted by atomic mass is 10.2. The van der Waals surface area contributed by atoms with Gasteiger partial charge >= 0.3 is 0 Å². The molecule has 0 spiro atoms. The van der Waals surface area contributed by atoms with E-state index < -0.39 is 15.7 Å². The highest BCUT2D eigenvalue weighted by atomic mass is 32.2. The normalized spacial score (nSPS) is 11.2. The smallest absolute Gasteiger partial charge is 0.236 e. The minimum Gasteiger partial charge on any atom is -0.397 e. The quantitative estimate of drug-likeness (QED) is 0.713. The summed E-state index contributed by atoms with van der Waals surface area (Å²) >= 11 is 0. The molecular formula is C10H15N3O3S. The van der Waals surface area contributed by atoms with Crippen LogP contribution >= 0.6 is 0 Å². The van der Waals surface area contributed by atoms with Crippen LogP contribution in [0.15, 0.2) is 23.1 Å². The van der Waals surface area contributed by atoms with Gasteiger partial charge < -0.3 is 16.4 Å². The zero-order chi connectivity index (χ0) is 13.2. The molecule has 4 N–H and O–H groups in total. The Morgan fingerprint density at radius 1 is 1.41 bits per heavy atom. The minimum atomic E-state index is -3.28. The molecule has 1 amide bonds. The predicted molar refractivity (Wildman–Crippen MR) is 66.4 cm³/mol. The molecule has 0 bridgehead atoms. The highest BCUT2D eigenvalue weighted by Gasteiger charge is 2.12. The predicted octanol–water partition coefficient (Wildman–Crippen LogP) is -0.406. The lowest BCUT2D eigenvalue weighted by Gasteiger charge is -2.19. The maximum absolute atomic E-state index is 11.3. The molecule has 0 heterocycles. The van der Waals surface area contributed by atoms with Crippen LogP contribution in [0.4, 0.5) is 11.4 Å². The molecule has 7 heteroatoms. The molecule has 17 heavy (non-hydrogen) atoms. The SMILES string of the molecule is CN(CC(N)=O)c1ccc(S(C)(=O)=O)cc1N. The van der Waals surface area contributed by atoms with Crippen LogP contribution in [0.2, 0.25) is 0 Å². The Kier molecular flexibility index (Phi) is 3.62. The maximum atomic E-state index is 11.3. The average molecular weight is 257 g/mol. The number of nitrogen functional groups attached to an aromatic ring is 1. The van der Waals surface area contributed by atoms with E-state index in [9.17, 15) is 13.2 Å². The van der Waals surface area contributed by atoms with Gasteiger partial charge in [-0.05, 0) is 18.2 Å². The van der Waals surface area contributed by atoms with E-state index in [1.54, 1.807) is 18.0 Å². The third kappa shape index (κ3) is 3.35. The standard InChI is InChI=1S/C10H15N3O3S/c1-13(6-10(12)14)9-4-3-7(5-8(9)11)17(2,15)16/h3-5H,6,11H2,1-2H3,(H2,12,14). The first kappa shape index (κ1) is 13.3. The van der Waals surface area contributed by atoms with Crippen molar-refractivity contribution in [3.63, 3.8) is 0 Å². The summed E-state index contributed by atoms with van der Waals surface area (Å²) in [4.78, 5) is 12.5. The molecule has 0 radical (unpaired) electrons. The van der Waals surface area contributed by atoms with Gasteiger partial charge in [0.2, 0.25) is 5.91 Å². The van der Waals surface area contributed by atoms with Crippen LogP contribution in [-0.4, -0.2) is 34.2 Å². The fourth-order valence-corrected chi connectivity index (χ4v) is 2.09. The average Bonchev–Trinajstić information content (AvgIpc) is 2.14. The topological polar surface area (TPSA) is 106 Å². The van der Waals surface area contributed by atoms with Crippen LogP contribution in [-0.2, 0) is 14.6 Å². The molecule has 0 unspecified atom stereocenters. The monoisotopic (exact) mass is 257 g/mol. The number of amides is 1. The van der Waals surface area contributed by atoms with Crippen LogP contribution in [0.25, 0.3) is 0 Å². The number of hydrogen-bond donors (Lipinski definition) is 2. The van der Waals surface area contributed by atoms with Crippen LogP contribution in [0.1, 0.15) is 0 Å². The first-order valence-corrected chi connectivity index (χ1v) is 6.70. The van der Waals surface area contributed by atoms with E-state index in [1.165, 1.54) is 12.1 Å². The third-order valence-electron chi connectivity index (χ3n) is 2.23. The summed E-state index contributed by atoms with van der Waals surface area (Å²) in [7, 11) is -1.63. The molecule has 0 aliphatic heterocycles. The molecule has 0 aliphatic rings. The Morgan fingerprint density at radius 2 is 2.00 bits per heavy atom. The molecule has 0 saturated heterocycles. The molecule has 0 saturated carbocycles. The number of benzene rings is 1. The maximum Gasteiger partial charge on any atom is 0.236 e. The number of carbonyl (C=O) groups excluding carboxylic acids is 1. The van der Waals surface area contributed by atoms with Crippen molar-refractivity contribution in [3.05, 3.63) is 18.2 Å². The summed E-state index contributed by atoms with van der Waals surface area (Å²) in [5.41, 5.74) is 11.7. The van der Waals surface area contributed by atoms with Crippen LogP contribution in [0.5, 0.6) is 0 Å². The van der Waals surface area contributed by atoms with Crippen molar-refractivity contribution < 1.29 is 13.2 Å². The second kappa shape index (κ2) is 4.62. The second-order valence-corrected chi connectivity index (χ2v) is 5.83. The van der Waals surface area contributed by atoms with Crippen molar-refractivity contribution in [3.8, 4) is 0 Å². The van der Waals surface area contributed by atoms with E-state index in [2.05, 4.69) is 0 Å². The van der Waals surface area contributed by atoms with E-state index in [4.69, 9.17) is 11.5 Å². The van der Waals surface area contributed by atoms with Crippen molar-refractivity contribution in [1.82, 2.24) is 0 Å². The summed E-state index contributed by atoms with van der Waals surface area (Å²) in [5, 5.41) is 0. The summed E-state index contributed by atoms with van der Waals surface area (Å²) < 4.78 is 22.6. The molecule has 0 aromatic heterocycles. The minimum absolute atomic E-state index is 0.0163. The zero-order valence-corrected chi connectivity index (χ0v) is 10.5. The lowest BCUT2D eigenvalue weighted by molar-refractivity contribution is -0.116. The highest BCUT2D eigenvalue weighted by molar-refractivity contribution is 7.90. The van der Waals surface area contributed by atoms with Gasteiger partial charge in [0.05, 0.1) is 22.8 Å². The molecule has 1 aromatic rings. The Labute approximate surface area is 100 Å². The number of primary amides is 1. The zero-order valence-electron chi connectivity index (χ0n) is 9.67. The van der Waals surface area contributed by atoms with Crippen LogP contribution in [0.3, 0.4) is 0 Å². The number of nitrogens with two attached hydrogens (primary N) is 2. The van der Waals surface area contributed by atoms with Gasteiger partial charge in [-0.25, -0.2) is 8.42 Å². The number of nitrogens with zero attached hydrogens (tertiary/aromatic N) is 1. The fourth-order valence-electron chi connectivity index (χ4n) is 1.43. The van der Waals surface area contributed by atoms with Crippen LogP contribution in [0, 0.1) is 0 Å². The molecule has 6 nitrogen and oxygen atoms in total. The largest absolute Gasteiger partial charge is 0.397 e. The first-order valence-electron chi connectivity index (χ1n) is 4.81. The van der Waals surface area contributed by atoms with Gasteiger partial charge in [0.25, 0.3) is 0 Å². The lowest BCUT2D eigenvalue weighted by Crippen LogP contribution is -2.30. The molecular weight excluding hydrogens is 242 g/mol. The summed E-state index contributed by atoms with van der Waals surface area (Å²) in [6.45, 7) is 0.0163. The molecule has 0 atom stereocenters. The molecule has 0 aliphatic carbocycles. The van der Waals surface area contributed by atoms with Gasteiger partial charge in [0, 0.05) is 13.3 Å². The number of anilines is 2. The van der Waals surface area contributed by atoms with Gasteiger partial charge in [-0.15, -0.1) is 0 Å². The third-order valence-corrected chi connectivity index (χ3v) is 3.34. The van der Waals surface area contributed by atoms with Crippen molar-refractivity contribution in [2.75, 3.05) is 30.5 Å². The van der Waals surface area contributed by atoms with E-state index in [0.717, 1.165) is 6.26 Å². The van der Waals surface area contributed by atoms with Gasteiger partial charge in [0.15, 0.2) is 9.84 Å². The summed E-state index contributed by atoms with van der Waals surface area (Å²) in [5.74, 6) is -0.487. The molecule has 1 rings (SSSR count). The molecule has 1 aromatic carbocycles. The van der Waals surface area contributed by atoms with E-state index >= 15 is 0 Å². The van der Waals surface area contributed by atoms with Crippen LogP contribution < -0.4 is 16.4 Å². The number of likely N-dealkylation sites (N-methyl/N-ethyl adjacent to an activating group) is 1. The highest BCUT2D eigenvalue weighted by Crippen LogP contribution is 2.25. The Balaban J connectivity index is 3.10. The van der Waals surface area contributed by atoms with Crippen molar-refractivity contribution in [2.45, 2.75) is 4.90 Å². The number of hydrogen-bond acceptors (Lipinski definition) is 5. The van der Waals surface area contributed by atoms with E-state index in [-0.39, 0.29) is 17.1 Å². The van der Waals surface area contributed by atoms with Crippen molar-refractivity contribution in [2.24, 2.45) is 5.73 Å². The van der Waals surface area contributed by atoms with Gasteiger partial charge in [-0.1, -0.05) is 0 Å². The Bertz CT molecular complexity index is 540. The van der Waals surface area contributed by atoms with E-state index in [1.807, 2.05) is 0 Å². The fraction of sp³-hybridized carbons (Fsp3) is 0.300. The van der Waals surface area contributed by atoms with Gasteiger partial charge in [-0.3, -0.25) is 4.79 Å². The summed E-state index contributed by atoms with van der Waals surface area (Å²) in [6, 6.07) is 4.36. The number of carbonyl (C=O) groups is 1.